The number of hydrogen-bond acceptors (Lipinski definition) is 4. The quantitative estimate of drug-likeness (QED) is 0.840. The average Bonchev–Trinajstić information content (AvgIpc) is 2.68. The minimum absolute atomic E-state index is 0.732. The molecule has 84 valence electrons. The second-order valence-corrected chi connectivity index (χ2v) is 3.59. The molecule has 5 heteroatoms. The summed E-state index contributed by atoms with van der Waals surface area (Å²) in [5.74, 6) is 0.786. The molecule has 5 nitrogen and oxygen atoms in total. The van der Waals surface area contributed by atoms with E-state index in [9.17, 15) is 0 Å². The van der Waals surface area contributed by atoms with Crippen LogP contribution in [0.3, 0.4) is 0 Å². The zero-order valence-corrected chi connectivity index (χ0v) is 9.51. The molecule has 16 heavy (non-hydrogen) atoms. The van der Waals surface area contributed by atoms with E-state index in [-0.39, 0.29) is 0 Å². The first-order chi connectivity index (χ1) is 7.79. The van der Waals surface area contributed by atoms with Gasteiger partial charge in [-0.05, 0) is 18.6 Å². The molecule has 2 aromatic rings. The fourth-order valence-electron chi connectivity index (χ4n) is 1.61. The number of rotatable bonds is 4. The van der Waals surface area contributed by atoms with E-state index in [4.69, 9.17) is 0 Å². The summed E-state index contributed by atoms with van der Waals surface area (Å²) in [5.41, 5.74) is 2.33. The maximum Gasteiger partial charge on any atom is 0.148 e. The van der Waals surface area contributed by atoms with Gasteiger partial charge in [-0.2, -0.15) is 10.2 Å². The van der Waals surface area contributed by atoms with Gasteiger partial charge in [-0.15, -0.1) is 5.10 Å². The topological polar surface area (TPSA) is 55.6 Å². The number of nitrogens with one attached hydrogen (secondary N) is 1. The molecule has 0 aromatic carbocycles. The van der Waals surface area contributed by atoms with Gasteiger partial charge >= 0.3 is 0 Å². The smallest absolute Gasteiger partial charge is 0.148 e. The van der Waals surface area contributed by atoms with Gasteiger partial charge in [0, 0.05) is 31.5 Å². The first-order valence-corrected chi connectivity index (χ1v) is 5.32. The number of aromatic nitrogens is 4. The van der Waals surface area contributed by atoms with Crippen molar-refractivity contribution in [1.82, 2.24) is 20.0 Å². The number of hydrogen-bond donors (Lipinski definition) is 1. The van der Waals surface area contributed by atoms with Crippen LogP contribution in [0.5, 0.6) is 0 Å². The van der Waals surface area contributed by atoms with Crippen molar-refractivity contribution in [2.24, 2.45) is 7.05 Å². The van der Waals surface area contributed by atoms with Crippen molar-refractivity contribution in [2.75, 3.05) is 5.32 Å². The number of aryl methyl sites for hydroxylation is 2. The zero-order chi connectivity index (χ0) is 11.4. The van der Waals surface area contributed by atoms with Crippen molar-refractivity contribution in [1.29, 1.82) is 0 Å². The highest BCUT2D eigenvalue weighted by Gasteiger charge is 2.05. The maximum atomic E-state index is 4.38. The molecule has 0 saturated carbocycles. The Bertz CT molecular complexity index is 449. The average molecular weight is 217 g/mol. The van der Waals surface area contributed by atoms with Gasteiger partial charge in [0.2, 0.25) is 0 Å². The van der Waals surface area contributed by atoms with Crippen LogP contribution in [-0.4, -0.2) is 20.0 Å². The zero-order valence-electron chi connectivity index (χ0n) is 9.51. The lowest BCUT2D eigenvalue weighted by Crippen LogP contribution is -2.03. The van der Waals surface area contributed by atoms with Crippen molar-refractivity contribution >= 4 is 5.82 Å². The van der Waals surface area contributed by atoms with E-state index < -0.39 is 0 Å². The standard InChI is InChI=1S/C11H15N5/c1-3-10-9(8-16(2)15-10)7-12-11-5-4-6-13-14-11/h4-6,8H,3,7H2,1-2H3,(H,12,14). The van der Waals surface area contributed by atoms with Crippen LogP contribution in [0.2, 0.25) is 0 Å². The molecule has 2 heterocycles. The highest BCUT2D eigenvalue weighted by atomic mass is 15.3. The molecule has 0 aliphatic heterocycles. The van der Waals surface area contributed by atoms with Crippen molar-refractivity contribution in [2.45, 2.75) is 19.9 Å². The number of anilines is 1. The predicted octanol–water partition coefficient (Wildman–Crippen LogP) is 1.38. The SMILES string of the molecule is CCc1nn(C)cc1CNc1cccnn1. The third kappa shape index (κ3) is 2.36. The van der Waals surface area contributed by atoms with Crippen molar-refractivity contribution in [3.63, 3.8) is 0 Å². The van der Waals surface area contributed by atoms with Gasteiger partial charge in [-0.3, -0.25) is 4.68 Å². The van der Waals surface area contributed by atoms with Crippen molar-refractivity contribution < 1.29 is 0 Å². The minimum Gasteiger partial charge on any atom is -0.364 e. The molecule has 0 saturated heterocycles. The van der Waals surface area contributed by atoms with E-state index in [1.807, 2.05) is 30.1 Å². The van der Waals surface area contributed by atoms with Gasteiger partial charge in [-0.1, -0.05) is 6.92 Å². The molecule has 0 aliphatic carbocycles. The summed E-state index contributed by atoms with van der Waals surface area (Å²) in [6.07, 6.45) is 4.63. The van der Waals surface area contributed by atoms with Gasteiger partial charge in [-0.25, -0.2) is 0 Å². The van der Waals surface area contributed by atoms with E-state index >= 15 is 0 Å². The van der Waals surface area contributed by atoms with E-state index in [1.165, 1.54) is 5.56 Å². The second-order valence-electron chi connectivity index (χ2n) is 3.59. The van der Waals surface area contributed by atoms with Crippen molar-refractivity contribution in [3.8, 4) is 0 Å². The Labute approximate surface area is 94.5 Å². The van der Waals surface area contributed by atoms with Crippen LogP contribution >= 0.6 is 0 Å². The van der Waals surface area contributed by atoms with Gasteiger partial charge < -0.3 is 5.32 Å². The molecule has 0 amide bonds. The summed E-state index contributed by atoms with van der Waals surface area (Å²) < 4.78 is 1.84. The molecule has 0 fully saturated rings. The lowest BCUT2D eigenvalue weighted by atomic mass is 10.2. The van der Waals surface area contributed by atoms with Crippen LogP contribution in [0.1, 0.15) is 18.2 Å². The lowest BCUT2D eigenvalue weighted by molar-refractivity contribution is 0.746. The monoisotopic (exact) mass is 217 g/mol. The molecule has 1 N–H and O–H groups in total. The Morgan fingerprint density at radius 2 is 2.31 bits per heavy atom. The number of nitrogens with zero attached hydrogens (tertiary/aromatic N) is 4. The van der Waals surface area contributed by atoms with E-state index in [0.717, 1.165) is 24.5 Å². The maximum absolute atomic E-state index is 4.38. The fraction of sp³-hybridized carbons (Fsp3) is 0.364. The van der Waals surface area contributed by atoms with Gasteiger partial charge in [0.05, 0.1) is 5.69 Å². The third-order valence-electron chi connectivity index (χ3n) is 2.36. The van der Waals surface area contributed by atoms with Crippen LogP contribution in [0.25, 0.3) is 0 Å². The predicted molar refractivity (Wildman–Crippen MR) is 61.9 cm³/mol. The summed E-state index contributed by atoms with van der Waals surface area (Å²) in [6, 6.07) is 3.76. The Hall–Kier alpha value is -1.91. The van der Waals surface area contributed by atoms with Gasteiger partial charge in [0.1, 0.15) is 5.82 Å². The first kappa shape index (κ1) is 10.6. The van der Waals surface area contributed by atoms with Crippen LogP contribution in [0.15, 0.2) is 24.5 Å². The summed E-state index contributed by atoms with van der Waals surface area (Å²) in [5, 5.41) is 15.4. The fourth-order valence-corrected chi connectivity index (χ4v) is 1.61. The van der Waals surface area contributed by atoms with E-state index in [2.05, 4.69) is 27.5 Å². The highest BCUT2D eigenvalue weighted by Crippen LogP contribution is 2.09. The Kier molecular flexibility index (Phi) is 3.14. The molecule has 0 unspecified atom stereocenters. The molecule has 2 aromatic heterocycles. The van der Waals surface area contributed by atoms with Crippen LogP contribution in [0, 0.1) is 0 Å². The Morgan fingerprint density at radius 3 is 3.00 bits per heavy atom. The Morgan fingerprint density at radius 1 is 1.44 bits per heavy atom. The third-order valence-corrected chi connectivity index (χ3v) is 2.36. The van der Waals surface area contributed by atoms with Crippen molar-refractivity contribution in [3.05, 3.63) is 35.8 Å². The normalized spacial score (nSPS) is 10.4. The van der Waals surface area contributed by atoms with Gasteiger partial charge in [0.25, 0.3) is 0 Å². The summed E-state index contributed by atoms with van der Waals surface area (Å²) >= 11 is 0. The van der Waals surface area contributed by atoms with Crippen LogP contribution in [0.4, 0.5) is 5.82 Å². The molecule has 0 radical (unpaired) electrons. The summed E-state index contributed by atoms with van der Waals surface area (Å²) in [6.45, 7) is 2.84. The minimum atomic E-state index is 0.732. The molecule has 0 atom stereocenters. The van der Waals surface area contributed by atoms with Gasteiger partial charge in [0.15, 0.2) is 0 Å². The molecular formula is C11H15N5. The lowest BCUT2D eigenvalue weighted by Gasteiger charge is -2.03. The molecule has 0 spiro atoms. The summed E-state index contributed by atoms with van der Waals surface area (Å²) in [4.78, 5) is 0. The largest absolute Gasteiger partial charge is 0.364 e. The van der Waals surface area contributed by atoms with Crippen LogP contribution < -0.4 is 5.32 Å². The van der Waals surface area contributed by atoms with Crippen LogP contribution in [-0.2, 0) is 20.0 Å². The molecule has 0 aliphatic rings. The summed E-state index contributed by atoms with van der Waals surface area (Å²) in [7, 11) is 1.94. The molecule has 2 rings (SSSR count). The Balaban J connectivity index is 2.04. The first-order valence-electron chi connectivity index (χ1n) is 5.32. The molecular weight excluding hydrogens is 202 g/mol. The molecule has 0 bridgehead atoms. The van der Waals surface area contributed by atoms with E-state index in [0.29, 0.717) is 0 Å². The van der Waals surface area contributed by atoms with E-state index in [1.54, 1.807) is 6.20 Å². The highest BCUT2D eigenvalue weighted by molar-refractivity contribution is 5.33. The second kappa shape index (κ2) is 4.74.